The molecule has 4 aromatic rings. The van der Waals surface area contributed by atoms with E-state index in [0.29, 0.717) is 22.2 Å². The molecular weight excluding hydrogens is 342 g/mol. The number of carbonyl (C=O) groups is 1. The second kappa shape index (κ2) is 6.57. The van der Waals surface area contributed by atoms with E-state index in [0.717, 1.165) is 5.69 Å². The summed E-state index contributed by atoms with van der Waals surface area (Å²) >= 11 is 0. The molecule has 134 valence electrons. The Kier molecular flexibility index (Phi) is 4.08. The van der Waals surface area contributed by atoms with Gasteiger partial charge in [-0.2, -0.15) is 0 Å². The molecule has 27 heavy (non-hydrogen) atoms. The van der Waals surface area contributed by atoms with Gasteiger partial charge < -0.3 is 9.67 Å². The van der Waals surface area contributed by atoms with Gasteiger partial charge >= 0.3 is 5.97 Å². The van der Waals surface area contributed by atoms with Gasteiger partial charge in [-0.25, -0.2) is 9.78 Å². The number of hydrogen-bond acceptors (Lipinski definition) is 3. The van der Waals surface area contributed by atoms with Gasteiger partial charge in [0.1, 0.15) is 0 Å². The molecule has 0 aliphatic heterocycles. The van der Waals surface area contributed by atoms with Gasteiger partial charge in [0.25, 0.3) is 5.56 Å². The number of imidazole rings is 1. The van der Waals surface area contributed by atoms with Crippen molar-refractivity contribution in [1.29, 1.82) is 0 Å². The molecule has 0 aliphatic carbocycles. The predicted molar refractivity (Wildman–Crippen MR) is 103 cm³/mol. The van der Waals surface area contributed by atoms with Crippen LogP contribution in [-0.2, 0) is 6.54 Å². The lowest BCUT2D eigenvalue weighted by Gasteiger charge is -2.18. The first-order valence-electron chi connectivity index (χ1n) is 8.50. The van der Waals surface area contributed by atoms with E-state index in [1.54, 1.807) is 47.3 Å². The summed E-state index contributed by atoms with van der Waals surface area (Å²) < 4.78 is 3.27. The average molecular weight is 359 g/mol. The zero-order valence-corrected chi connectivity index (χ0v) is 14.7. The number of fused-ring (bicyclic) bond motifs is 1. The molecule has 0 aliphatic rings. The Morgan fingerprint density at radius 3 is 2.33 bits per heavy atom. The number of para-hydroxylation sites is 1. The summed E-state index contributed by atoms with van der Waals surface area (Å²) in [4.78, 5) is 29.7. The molecule has 6 nitrogen and oxygen atoms in total. The van der Waals surface area contributed by atoms with Gasteiger partial charge in [-0.1, -0.05) is 36.4 Å². The van der Waals surface area contributed by atoms with Gasteiger partial charge in [0.2, 0.25) is 0 Å². The number of carboxylic acids is 1. The molecule has 0 saturated heterocycles. The molecule has 6 heteroatoms. The number of aromatic nitrogens is 3. The summed E-state index contributed by atoms with van der Waals surface area (Å²) in [5, 5.41) is 10.8. The summed E-state index contributed by atoms with van der Waals surface area (Å²) in [6.45, 7) is 2.08. The SMILES string of the molecule is Cc1cn(Cc2c(C(=O)O)c3ccccc3c(=O)n2-c2ccccc2)cn1. The van der Waals surface area contributed by atoms with E-state index in [1.807, 2.05) is 31.3 Å². The fraction of sp³-hybridized carbons (Fsp3) is 0.0952. The number of aryl methyl sites for hydroxylation is 1. The van der Waals surface area contributed by atoms with Crippen LogP contribution in [0.3, 0.4) is 0 Å². The molecule has 1 N–H and O–H groups in total. The molecule has 0 bridgehead atoms. The highest BCUT2D eigenvalue weighted by Crippen LogP contribution is 2.23. The number of aromatic carboxylic acids is 1. The minimum absolute atomic E-state index is 0.125. The number of rotatable bonds is 4. The van der Waals surface area contributed by atoms with Gasteiger partial charge in [-0.15, -0.1) is 0 Å². The lowest BCUT2D eigenvalue weighted by Crippen LogP contribution is -2.27. The van der Waals surface area contributed by atoms with Crippen LogP contribution in [0.5, 0.6) is 0 Å². The summed E-state index contributed by atoms with van der Waals surface area (Å²) in [6, 6.07) is 15.9. The van der Waals surface area contributed by atoms with Crippen LogP contribution < -0.4 is 5.56 Å². The van der Waals surface area contributed by atoms with Gasteiger partial charge in [-0.3, -0.25) is 9.36 Å². The Bertz CT molecular complexity index is 1210. The standard InChI is InChI=1S/C21H17N3O3/c1-14-11-23(13-22-14)12-18-19(21(26)27)16-9-5-6-10-17(16)20(25)24(18)15-7-3-2-4-8-15/h2-11,13H,12H2,1H3,(H,26,27). The van der Waals surface area contributed by atoms with Crippen molar-refractivity contribution < 1.29 is 9.90 Å². The molecule has 0 radical (unpaired) electrons. The van der Waals surface area contributed by atoms with E-state index in [9.17, 15) is 14.7 Å². The fourth-order valence-corrected chi connectivity index (χ4v) is 3.37. The minimum Gasteiger partial charge on any atom is -0.478 e. The largest absolute Gasteiger partial charge is 0.478 e. The first-order chi connectivity index (χ1) is 13.1. The van der Waals surface area contributed by atoms with E-state index in [4.69, 9.17) is 0 Å². The highest BCUT2D eigenvalue weighted by Gasteiger charge is 2.22. The minimum atomic E-state index is -1.07. The maximum absolute atomic E-state index is 13.3. The smallest absolute Gasteiger partial charge is 0.338 e. The molecule has 2 aromatic carbocycles. The molecule has 2 aromatic heterocycles. The number of benzene rings is 2. The van der Waals surface area contributed by atoms with Crippen molar-refractivity contribution in [1.82, 2.24) is 14.1 Å². The monoisotopic (exact) mass is 359 g/mol. The Morgan fingerprint density at radius 2 is 1.70 bits per heavy atom. The van der Waals surface area contributed by atoms with Crippen molar-refractivity contribution >= 4 is 16.7 Å². The predicted octanol–water partition coefficient (Wildman–Crippen LogP) is 3.24. The molecule has 2 heterocycles. The number of nitrogens with zero attached hydrogens (tertiary/aromatic N) is 3. The molecule has 0 amide bonds. The zero-order valence-electron chi connectivity index (χ0n) is 14.7. The summed E-state index contributed by atoms with van der Waals surface area (Å²) in [5.74, 6) is -1.07. The highest BCUT2D eigenvalue weighted by molar-refractivity contribution is 6.04. The van der Waals surface area contributed by atoms with Crippen LogP contribution in [0.2, 0.25) is 0 Å². The van der Waals surface area contributed by atoms with E-state index in [-0.39, 0.29) is 17.7 Å². The van der Waals surface area contributed by atoms with Crippen molar-refractivity contribution in [3.63, 3.8) is 0 Å². The third-order valence-electron chi connectivity index (χ3n) is 4.51. The number of hydrogen-bond donors (Lipinski definition) is 1. The molecule has 0 atom stereocenters. The van der Waals surface area contributed by atoms with Crippen molar-refractivity contribution in [2.24, 2.45) is 0 Å². The quantitative estimate of drug-likeness (QED) is 0.607. The number of pyridine rings is 1. The second-order valence-electron chi connectivity index (χ2n) is 6.34. The van der Waals surface area contributed by atoms with Crippen molar-refractivity contribution in [3.05, 3.63) is 94.4 Å². The van der Waals surface area contributed by atoms with Crippen LogP contribution in [0.15, 0.2) is 71.9 Å². The van der Waals surface area contributed by atoms with Gasteiger partial charge in [-0.05, 0) is 25.1 Å². The van der Waals surface area contributed by atoms with E-state index in [1.165, 1.54) is 4.57 Å². The van der Waals surface area contributed by atoms with Crippen LogP contribution in [0, 0.1) is 6.92 Å². The normalized spacial score (nSPS) is 11.0. The van der Waals surface area contributed by atoms with Crippen LogP contribution in [-0.4, -0.2) is 25.2 Å². The van der Waals surface area contributed by atoms with Crippen molar-refractivity contribution in [3.8, 4) is 5.69 Å². The van der Waals surface area contributed by atoms with Crippen molar-refractivity contribution in [2.45, 2.75) is 13.5 Å². The summed E-state index contributed by atoms with van der Waals surface area (Å²) in [5.41, 5.74) is 1.74. The van der Waals surface area contributed by atoms with Crippen LogP contribution in [0.1, 0.15) is 21.7 Å². The average Bonchev–Trinajstić information content (AvgIpc) is 3.07. The van der Waals surface area contributed by atoms with Gasteiger partial charge in [0.15, 0.2) is 0 Å². The third-order valence-corrected chi connectivity index (χ3v) is 4.51. The Balaban J connectivity index is 2.12. The van der Waals surface area contributed by atoms with E-state index < -0.39 is 5.97 Å². The molecule has 0 spiro atoms. The molecule has 4 rings (SSSR count). The lowest BCUT2D eigenvalue weighted by molar-refractivity contribution is 0.0697. The van der Waals surface area contributed by atoms with Crippen molar-refractivity contribution in [2.75, 3.05) is 0 Å². The fourth-order valence-electron chi connectivity index (χ4n) is 3.37. The Labute approximate surface area is 155 Å². The Morgan fingerprint density at radius 1 is 1.04 bits per heavy atom. The van der Waals surface area contributed by atoms with Crippen LogP contribution >= 0.6 is 0 Å². The lowest BCUT2D eigenvalue weighted by atomic mass is 10.0. The summed E-state index contributed by atoms with van der Waals surface area (Å²) in [6.07, 6.45) is 3.45. The zero-order chi connectivity index (χ0) is 19.0. The Hall–Kier alpha value is -3.67. The first-order valence-corrected chi connectivity index (χ1v) is 8.50. The third kappa shape index (κ3) is 2.91. The second-order valence-corrected chi connectivity index (χ2v) is 6.34. The van der Waals surface area contributed by atoms with Crippen LogP contribution in [0.25, 0.3) is 16.5 Å². The topological polar surface area (TPSA) is 77.1 Å². The summed E-state index contributed by atoms with van der Waals surface area (Å²) in [7, 11) is 0. The first kappa shape index (κ1) is 16.8. The number of carboxylic acid groups (broad SMARTS) is 1. The molecule has 0 unspecified atom stereocenters. The maximum atomic E-state index is 13.3. The molecular formula is C21H17N3O3. The molecule has 0 fully saturated rings. The van der Waals surface area contributed by atoms with E-state index >= 15 is 0 Å². The van der Waals surface area contributed by atoms with Gasteiger partial charge in [0.05, 0.1) is 29.8 Å². The molecule has 0 saturated carbocycles. The van der Waals surface area contributed by atoms with Gasteiger partial charge in [0, 0.05) is 22.7 Å². The van der Waals surface area contributed by atoms with Crippen LogP contribution in [0.4, 0.5) is 0 Å². The maximum Gasteiger partial charge on any atom is 0.338 e. The van der Waals surface area contributed by atoms with E-state index in [2.05, 4.69) is 4.98 Å². The highest BCUT2D eigenvalue weighted by atomic mass is 16.4.